The monoisotopic (exact) mass is 319 g/mol. The topological polar surface area (TPSA) is 38.3 Å². The highest BCUT2D eigenvalue weighted by molar-refractivity contribution is 5.76. The molecule has 0 fully saturated rings. The van der Waals surface area contributed by atoms with Crippen LogP contribution in [0.15, 0.2) is 42.5 Å². The van der Waals surface area contributed by atoms with E-state index in [0.29, 0.717) is 0 Å². The second-order valence-electron chi connectivity index (χ2n) is 5.32. The second-order valence-corrected chi connectivity index (χ2v) is 5.32. The van der Waals surface area contributed by atoms with Gasteiger partial charge in [-0.3, -0.25) is 4.79 Å². The number of aryl methyl sites for hydroxylation is 1. The van der Waals surface area contributed by atoms with Gasteiger partial charge >= 0.3 is 0 Å². The van der Waals surface area contributed by atoms with Gasteiger partial charge in [-0.05, 0) is 31.5 Å². The number of para-hydroxylation sites is 1. The van der Waals surface area contributed by atoms with Crippen LogP contribution in [0.25, 0.3) is 0 Å². The molecule has 122 valence electrons. The summed E-state index contributed by atoms with van der Waals surface area (Å²) >= 11 is 0. The van der Waals surface area contributed by atoms with Crippen LogP contribution in [0.4, 0.5) is 8.78 Å². The summed E-state index contributed by atoms with van der Waals surface area (Å²) in [4.78, 5) is 11.9. The molecule has 0 aliphatic rings. The molecular weight excluding hydrogens is 300 g/mol. The number of halogens is 2. The molecule has 0 unspecified atom stereocenters. The molecule has 2 rings (SSSR count). The van der Waals surface area contributed by atoms with Crippen LogP contribution in [0.5, 0.6) is 5.75 Å². The number of carbonyl (C=O) groups is 1. The fourth-order valence-electron chi connectivity index (χ4n) is 2.22. The van der Waals surface area contributed by atoms with Gasteiger partial charge in [0.15, 0.2) is 0 Å². The molecular formula is C18H19F2NO2. The summed E-state index contributed by atoms with van der Waals surface area (Å²) < 4.78 is 32.1. The number of nitrogens with one attached hydrogen (secondary N) is 1. The zero-order chi connectivity index (χ0) is 16.8. The van der Waals surface area contributed by atoms with Crippen LogP contribution < -0.4 is 10.1 Å². The third kappa shape index (κ3) is 4.77. The molecule has 23 heavy (non-hydrogen) atoms. The van der Waals surface area contributed by atoms with Crippen LogP contribution in [0, 0.1) is 18.6 Å². The average Bonchev–Trinajstić information content (AvgIpc) is 2.49. The number of ether oxygens (including phenoxy) is 1. The van der Waals surface area contributed by atoms with Crippen LogP contribution >= 0.6 is 0 Å². The van der Waals surface area contributed by atoms with E-state index in [1.54, 1.807) is 6.92 Å². The molecule has 2 aromatic rings. The van der Waals surface area contributed by atoms with Crippen molar-refractivity contribution < 1.29 is 18.3 Å². The molecule has 3 nitrogen and oxygen atoms in total. The summed E-state index contributed by atoms with van der Waals surface area (Å²) in [6.45, 7) is 3.81. The van der Waals surface area contributed by atoms with Gasteiger partial charge in [0.2, 0.25) is 5.91 Å². The van der Waals surface area contributed by atoms with Crippen molar-refractivity contribution in [2.45, 2.75) is 26.3 Å². The van der Waals surface area contributed by atoms with Crippen molar-refractivity contribution in [1.29, 1.82) is 0 Å². The van der Waals surface area contributed by atoms with Gasteiger partial charge in [0.25, 0.3) is 0 Å². The van der Waals surface area contributed by atoms with Crippen molar-refractivity contribution in [1.82, 2.24) is 5.32 Å². The molecule has 0 bridgehead atoms. The highest BCUT2D eigenvalue weighted by Gasteiger charge is 2.14. The van der Waals surface area contributed by atoms with Crippen molar-refractivity contribution in [3.05, 3.63) is 65.2 Å². The van der Waals surface area contributed by atoms with Crippen molar-refractivity contribution >= 4 is 5.91 Å². The van der Waals surface area contributed by atoms with E-state index in [0.717, 1.165) is 17.4 Å². The number of rotatable bonds is 6. The van der Waals surface area contributed by atoms with Crippen LogP contribution in [0.1, 0.15) is 30.5 Å². The lowest BCUT2D eigenvalue weighted by Crippen LogP contribution is -2.28. The Bertz CT molecular complexity index is 688. The molecule has 5 heteroatoms. The molecule has 0 aromatic heterocycles. The zero-order valence-electron chi connectivity index (χ0n) is 13.1. The molecule has 0 radical (unpaired) electrons. The maximum Gasteiger partial charge on any atom is 0.223 e. The van der Waals surface area contributed by atoms with Gasteiger partial charge in [-0.2, -0.15) is 0 Å². The van der Waals surface area contributed by atoms with E-state index >= 15 is 0 Å². The summed E-state index contributed by atoms with van der Waals surface area (Å²) in [7, 11) is 0. The predicted molar refractivity (Wildman–Crippen MR) is 84.2 cm³/mol. The summed E-state index contributed by atoms with van der Waals surface area (Å²) in [6, 6.07) is 10.3. The Kier molecular flexibility index (Phi) is 5.68. The lowest BCUT2D eigenvalue weighted by molar-refractivity contribution is -0.122. The number of hydrogen-bond acceptors (Lipinski definition) is 2. The molecule has 0 saturated heterocycles. The summed E-state index contributed by atoms with van der Waals surface area (Å²) in [5, 5.41) is 2.68. The SMILES string of the molecule is Cc1ccccc1OCCC(=O)N[C@H](C)c1ccc(F)cc1F. The first-order valence-corrected chi connectivity index (χ1v) is 7.40. The van der Waals surface area contributed by atoms with Crippen molar-refractivity contribution in [2.24, 2.45) is 0 Å². The molecule has 2 aromatic carbocycles. The molecule has 1 atom stereocenters. The third-order valence-corrected chi connectivity index (χ3v) is 3.49. The van der Waals surface area contributed by atoms with Gasteiger partial charge in [0, 0.05) is 11.6 Å². The van der Waals surface area contributed by atoms with E-state index in [-0.39, 0.29) is 24.5 Å². The van der Waals surface area contributed by atoms with E-state index < -0.39 is 17.7 Å². The van der Waals surface area contributed by atoms with Crippen molar-refractivity contribution in [3.8, 4) is 5.75 Å². The molecule has 1 N–H and O–H groups in total. The average molecular weight is 319 g/mol. The lowest BCUT2D eigenvalue weighted by Gasteiger charge is -2.15. The van der Waals surface area contributed by atoms with E-state index in [1.165, 1.54) is 12.1 Å². The fourth-order valence-corrected chi connectivity index (χ4v) is 2.22. The van der Waals surface area contributed by atoms with Crippen LogP contribution in [-0.4, -0.2) is 12.5 Å². The third-order valence-electron chi connectivity index (χ3n) is 3.49. The van der Waals surface area contributed by atoms with Gasteiger partial charge in [-0.1, -0.05) is 24.3 Å². The largest absolute Gasteiger partial charge is 0.493 e. The molecule has 0 spiro atoms. The summed E-state index contributed by atoms with van der Waals surface area (Å²) in [5.41, 5.74) is 1.24. The quantitative estimate of drug-likeness (QED) is 0.876. The zero-order valence-corrected chi connectivity index (χ0v) is 13.1. The van der Waals surface area contributed by atoms with E-state index in [4.69, 9.17) is 4.74 Å². The van der Waals surface area contributed by atoms with Crippen LogP contribution in [0.2, 0.25) is 0 Å². The number of hydrogen-bond donors (Lipinski definition) is 1. The Labute approximate surface area is 134 Å². The Morgan fingerprint density at radius 1 is 1.22 bits per heavy atom. The van der Waals surface area contributed by atoms with Gasteiger partial charge in [-0.25, -0.2) is 8.78 Å². The highest BCUT2D eigenvalue weighted by Crippen LogP contribution is 2.18. The predicted octanol–water partition coefficient (Wildman–Crippen LogP) is 3.92. The van der Waals surface area contributed by atoms with Crippen LogP contribution in [0.3, 0.4) is 0 Å². The minimum absolute atomic E-state index is 0.154. The summed E-state index contributed by atoms with van der Waals surface area (Å²) in [6.07, 6.45) is 0.154. The highest BCUT2D eigenvalue weighted by atomic mass is 19.1. The molecule has 0 heterocycles. The molecule has 0 aliphatic heterocycles. The Balaban J connectivity index is 1.83. The standard InChI is InChI=1S/C18H19F2NO2/c1-12-5-3-4-6-17(12)23-10-9-18(22)21-13(2)15-8-7-14(19)11-16(15)20/h3-8,11,13H,9-10H2,1-2H3,(H,21,22)/t13-/m1/s1. The first-order chi connectivity index (χ1) is 11.0. The van der Waals surface area contributed by atoms with Gasteiger partial charge in [0.1, 0.15) is 17.4 Å². The maximum absolute atomic E-state index is 13.7. The Morgan fingerprint density at radius 3 is 2.65 bits per heavy atom. The van der Waals surface area contributed by atoms with Gasteiger partial charge < -0.3 is 10.1 Å². The smallest absolute Gasteiger partial charge is 0.223 e. The van der Waals surface area contributed by atoms with E-state index in [9.17, 15) is 13.6 Å². The summed E-state index contributed by atoms with van der Waals surface area (Å²) in [5.74, 6) is -0.835. The number of benzene rings is 2. The second kappa shape index (κ2) is 7.72. The van der Waals surface area contributed by atoms with E-state index in [2.05, 4.69) is 5.32 Å². The van der Waals surface area contributed by atoms with Gasteiger partial charge in [0.05, 0.1) is 19.1 Å². The minimum Gasteiger partial charge on any atom is -0.493 e. The first kappa shape index (κ1) is 16.9. The lowest BCUT2D eigenvalue weighted by atomic mass is 10.1. The van der Waals surface area contributed by atoms with Crippen molar-refractivity contribution in [3.63, 3.8) is 0 Å². The molecule has 0 aliphatic carbocycles. The van der Waals surface area contributed by atoms with Crippen LogP contribution in [-0.2, 0) is 4.79 Å². The fraction of sp³-hybridized carbons (Fsp3) is 0.278. The number of carbonyl (C=O) groups excluding carboxylic acids is 1. The van der Waals surface area contributed by atoms with Crippen molar-refractivity contribution in [2.75, 3.05) is 6.61 Å². The normalized spacial score (nSPS) is 11.8. The Morgan fingerprint density at radius 2 is 1.96 bits per heavy atom. The number of amides is 1. The first-order valence-electron chi connectivity index (χ1n) is 7.40. The minimum atomic E-state index is -0.672. The van der Waals surface area contributed by atoms with E-state index in [1.807, 2.05) is 31.2 Å². The maximum atomic E-state index is 13.7. The molecule has 1 amide bonds. The Hall–Kier alpha value is -2.43. The van der Waals surface area contributed by atoms with Gasteiger partial charge in [-0.15, -0.1) is 0 Å². The molecule has 0 saturated carbocycles.